The maximum atomic E-state index is 12.7. The summed E-state index contributed by atoms with van der Waals surface area (Å²) in [5, 5.41) is 13.5. The van der Waals surface area contributed by atoms with Gasteiger partial charge in [-0.3, -0.25) is 4.79 Å². The monoisotopic (exact) mass is 493 g/mol. The molecule has 180 valence electrons. The van der Waals surface area contributed by atoms with E-state index >= 15 is 0 Å². The number of anilines is 1. The number of hydrogen-bond donors (Lipinski definition) is 1. The van der Waals surface area contributed by atoms with Gasteiger partial charge in [-0.05, 0) is 79.9 Å². The molecule has 0 spiro atoms. The molecular weight excluding hydrogens is 466 g/mol. The molecule has 0 fully saturated rings. The summed E-state index contributed by atoms with van der Waals surface area (Å²) in [6, 6.07) is 27.6. The molecule has 0 atom stereocenters. The van der Waals surface area contributed by atoms with Crippen LogP contribution in [0.25, 0.3) is 22.4 Å². The van der Waals surface area contributed by atoms with E-state index in [2.05, 4.69) is 11.4 Å². The molecule has 1 amide bonds. The van der Waals surface area contributed by atoms with Crippen molar-refractivity contribution in [2.75, 3.05) is 17.7 Å². The molecule has 0 radical (unpaired) electrons. The minimum Gasteiger partial charge on any atom is -0.494 e. The third-order valence-electron chi connectivity index (χ3n) is 5.77. The van der Waals surface area contributed by atoms with E-state index in [-0.39, 0.29) is 11.7 Å². The Morgan fingerprint density at radius 1 is 0.972 bits per heavy atom. The lowest BCUT2D eigenvalue weighted by Crippen LogP contribution is -2.14. The number of thioether (sulfide) groups is 1. The standard InChI is InChI=1S/C30H27N3O2S/c1-4-35-25-14-11-23(12-15-25)28-17-26(22-8-6-5-7-9-22)27(18-31)30(33-28)36-19-29(34)32-24-13-10-20(2)21(3)16-24/h5-17H,4,19H2,1-3H3,(H,32,34). The second-order valence-electron chi connectivity index (χ2n) is 8.31. The predicted molar refractivity (Wildman–Crippen MR) is 146 cm³/mol. The molecule has 3 aromatic carbocycles. The average Bonchev–Trinajstić information content (AvgIpc) is 2.90. The van der Waals surface area contributed by atoms with Gasteiger partial charge in [0.15, 0.2) is 0 Å². The number of aryl methyl sites for hydroxylation is 2. The molecule has 0 aliphatic heterocycles. The summed E-state index contributed by atoms with van der Waals surface area (Å²) in [6.07, 6.45) is 0. The van der Waals surface area contributed by atoms with Crippen LogP contribution in [0.1, 0.15) is 23.6 Å². The predicted octanol–water partition coefficient (Wildman–Crippen LogP) is 7.03. The zero-order chi connectivity index (χ0) is 25.5. The van der Waals surface area contributed by atoms with Crippen molar-refractivity contribution >= 4 is 23.4 Å². The van der Waals surface area contributed by atoms with Crippen LogP contribution in [0.5, 0.6) is 5.75 Å². The van der Waals surface area contributed by atoms with Crippen molar-refractivity contribution < 1.29 is 9.53 Å². The number of nitriles is 1. The van der Waals surface area contributed by atoms with Crippen LogP contribution in [0, 0.1) is 25.2 Å². The SMILES string of the molecule is CCOc1ccc(-c2cc(-c3ccccc3)c(C#N)c(SCC(=O)Nc3ccc(C)c(C)c3)n2)cc1. The number of ether oxygens (including phenoxy) is 1. The van der Waals surface area contributed by atoms with Gasteiger partial charge in [0.2, 0.25) is 5.91 Å². The van der Waals surface area contributed by atoms with Crippen LogP contribution in [0.15, 0.2) is 83.9 Å². The van der Waals surface area contributed by atoms with Gasteiger partial charge in [-0.1, -0.05) is 48.2 Å². The van der Waals surface area contributed by atoms with Gasteiger partial charge in [0.1, 0.15) is 16.8 Å². The fraction of sp³-hybridized carbons (Fsp3) is 0.167. The molecule has 0 saturated heterocycles. The van der Waals surface area contributed by atoms with E-state index in [1.807, 2.05) is 99.6 Å². The highest BCUT2D eigenvalue weighted by atomic mass is 32.2. The molecule has 0 unspecified atom stereocenters. The first-order valence-electron chi connectivity index (χ1n) is 11.7. The highest BCUT2D eigenvalue weighted by Gasteiger charge is 2.17. The number of amides is 1. The first-order chi connectivity index (χ1) is 17.5. The Kier molecular flexibility index (Phi) is 8.04. The van der Waals surface area contributed by atoms with Gasteiger partial charge >= 0.3 is 0 Å². The summed E-state index contributed by atoms with van der Waals surface area (Å²) in [6.45, 7) is 6.59. The summed E-state index contributed by atoms with van der Waals surface area (Å²) in [5.74, 6) is 0.771. The number of nitrogens with one attached hydrogen (secondary N) is 1. The molecule has 6 heteroatoms. The topological polar surface area (TPSA) is 75.0 Å². The molecule has 36 heavy (non-hydrogen) atoms. The zero-order valence-electron chi connectivity index (χ0n) is 20.5. The number of carbonyl (C=O) groups is 1. The fourth-order valence-corrected chi connectivity index (χ4v) is 4.57. The summed E-state index contributed by atoms with van der Waals surface area (Å²) in [4.78, 5) is 17.5. The number of rotatable bonds is 8. The third-order valence-corrected chi connectivity index (χ3v) is 6.75. The van der Waals surface area contributed by atoms with Crippen LogP contribution in [0.4, 0.5) is 5.69 Å². The Bertz CT molecular complexity index is 1410. The van der Waals surface area contributed by atoms with Crippen LogP contribution in [0.2, 0.25) is 0 Å². The zero-order valence-corrected chi connectivity index (χ0v) is 21.4. The highest BCUT2D eigenvalue weighted by molar-refractivity contribution is 8.00. The molecule has 1 N–H and O–H groups in total. The number of aromatic nitrogens is 1. The Balaban J connectivity index is 1.66. The van der Waals surface area contributed by atoms with Crippen molar-refractivity contribution in [3.63, 3.8) is 0 Å². The average molecular weight is 494 g/mol. The Hall–Kier alpha value is -4.08. The van der Waals surface area contributed by atoms with Crippen molar-refractivity contribution in [1.29, 1.82) is 5.26 Å². The summed E-state index contributed by atoms with van der Waals surface area (Å²) in [5.41, 5.74) is 6.84. The molecule has 4 aromatic rings. The van der Waals surface area contributed by atoms with Crippen molar-refractivity contribution in [3.8, 4) is 34.2 Å². The molecule has 5 nitrogen and oxygen atoms in total. The molecule has 0 saturated carbocycles. The molecular formula is C30H27N3O2S. The first kappa shape index (κ1) is 25.0. The van der Waals surface area contributed by atoms with Crippen LogP contribution in [-0.2, 0) is 4.79 Å². The van der Waals surface area contributed by atoms with E-state index in [0.29, 0.717) is 17.2 Å². The molecule has 0 aliphatic carbocycles. The lowest BCUT2D eigenvalue weighted by molar-refractivity contribution is -0.113. The highest BCUT2D eigenvalue weighted by Crippen LogP contribution is 2.34. The van der Waals surface area contributed by atoms with E-state index in [0.717, 1.165) is 39.4 Å². The molecule has 4 rings (SSSR count). The Labute approximate surface area is 216 Å². The van der Waals surface area contributed by atoms with Crippen molar-refractivity contribution in [1.82, 2.24) is 4.98 Å². The van der Waals surface area contributed by atoms with Crippen molar-refractivity contribution in [2.45, 2.75) is 25.8 Å². The lowest BCUT2D eigenvalue weighted by Gasteiger charge is -2.13. The smallest absolute Gasteiger partial charge is 0.234 e. The van der Waals surface area contributed by atoms with E-state index < -0.39 is 0 Å². The normalized spacial score (nSPS) is 10.5. The maximum Gasteiger partial charge on any atom is 0.234 e. The minimum atomic E-state index is -0.151. The van der Waals surface area contributed by atoms with Gasteiger partial charge in [-0.15, -0.1) is 0 Å². The van der Waals surface area contributed by atoms with Gasteiger partial charge in [0.25, 0.3) is 0 Å². The second kappa shape index (κ2) is 11.6. The number of benzene rings is 3. The second-order valence-corrected chi connectivity index (χ2v) is 9.27. The van der Waals surface area contributed by atoms with E-state index in [1.54, 1.807) is 0 Å². The Morgan fingerprint density at radius 2 is 1.72 bits per heavy atom. The largest absolute Gasteiger partial charge is 0.494 e. The minimum absolute atomic E-state index is 0.134. The van der Waals surface area contributed by atoms with Crippen molar-refractivity contribution in [2.24, 2.45) is 0 Å². The molecule has 0 bridgehead atoms. The summed E-state index contributed by atoms with van der Waals surface area (Å²) in [7, 11) is 0. The molecule has 0 aliphatic rings. The van der Waals surface area contributed by atoms with E-state index in [1.165, 1.54) is 17.3 Å². The number of nitrogens with zero attached hydrogens (tertiary/aromatic N) is 2. The molecule has 1 heterocycles. The molecule has 1 aromatic heterocycles. The van der Waals surface area contributed by atoms with Crippen LogP contribution >= 0.6 is 11.8 Å². The van der Waals surface area contributed by atoms with Crippen molar-refractivity contribution in [3.05, 3.63) is 95.6 Å². The lowest BCUT2D eigenvalue weighted by atomic mass is 9.99. The van der Waals surface area contributed by atoms with Gasteiger partial charge in [-0.25, -0.2) is 4.98 Å². The summed E-state index contributed by atoms with van der Waals surface area (Å²) < 4.78 is 5.57. The Morgan fingerprint density at radius 3 is 2.39 bits per heavy atom. The quantitative estimate of drug-likeness (QED) is 0.267. The number of hydrogen-bond acceptors (Lipinski definition) is 5. The number of carbonyl (C=O) groups excluding carboxylic acids is 1. The number of pyridine rings is 1. The van der Waals surface area contributed by atoms with Crippen LogP contribution in [0.3, 0.4) is 0 Å². The first-order valence-corrected chi connectivity index (χ1v) is 12.7. The van der Waals surface area contributed by atoms with E-state index in [9.17, 15) is 10.1 Å². The van der Waals surface area contributed by atoms with Gasteiger partial charge in [-0.2, -0.15) is 5.26 Å². The van der Waals surface area contributed by atoms with Crippen LogP contribution < -0.4 is 10.1 Å². The van der Waals surface area contributed by atoms with Gasteiger partial charge in [0, 0.05) is 16.8 Å². The maximum absolute atomic E-state index is 12.7. The fourth-order valence-electron chi connectivity index (χ4n) is 3.77. The van der Waals surface area contributed by atoms with Gasteiger partial charge in [0.05, 0.1) is 23.6 Å². The summed E-state index contributed by atoms with van der Waals surface area (Å²) >= 11 is 1.26. The van der Waals surface area contributed by atoms with Gasteiger partial charge < -0.3 is 10.1 Å². The van der Waals surface area contributed by atoms with Crippen LogP contribution in [-0.4, -0.2) is 23.3 Å². The third kappa shape index (κ3) is 5.94. The van der Waals surface area contributed by atoms with E-state index in [4.69, 9.17) is 9.72 Å².